The summed E-state index contributed by atoms with van der Waals surface area (Å²) < 4.78 is 15.9. The predicted octanol–water partition coefficient (Wildman–Crippen LogP) is 2.60. The number of rotatable bonds is 4. The summed E-state index contributed by atoms with van der Waals surface area (Å²) in [5.41, 5.74) is 2.27. The molecule has 26 heavy (non-hydrogen) atoms. The van der Waals surface area contributed by atoms with Crippen molar-refractivity contribution in [2.75, 3.05) is 36.6 Å². The van der Waals surface area contributed by atoms with Gasteiger partial charge in [-0.25, -0.2) is 4.79 Å². The second-order valence-electron chi connectivity index (χ2n) is 6.02. The van der Waals surface area contributed by atoms with E-state index in [1.165, 1.54) is 0 Å². The molecule has 2 aliphatic heterocycles. The lowest BCUT2D eigenvalue weighted by molar-refractivity contribution is -0.115. The van der Waals surface area contributed by atoms with E-state index in [1.807, 2.05) is 18.2 Å². The van der Waals surface area contributed by atoms with Crippen LogP contribution in [0.5, 0.6) is 11.5 Å². The van der Waals surface area contributed by atoms with Gasteiger partial charge in [0.05, 0.1) is 13.0 Å². The van der Waals surface area contributed by atoms with Gasteiger partial charge in [-0.05, 0) is 42.0 Å². The molecule has 2 aromatic carbocycles. The number of amides is 2. The normalized spacial score (nSPS) is 15.5. The van der Waals surface area contributed by atoms with Crippen LogP contribution in [0.2, 0.25) is 0 Å². The minimum absolute atomic E-state index is 0.130. The Labute approximate surface area is 150 Å². The number of carbonyl (C=O) groups is 2. The minimum atomic E-state index is -0.347. The Kier molecular flexibility index (Phi) is 4.35. The molecule has 2 aliphatic rings. The van der Waals surface area contributed by atoms with E-state index in [2.05, 4.69) is 5.32 Å². The molecular weight excluding hydrogens is 336 g/mol. The number of anilines is 2. The molecule has 7 heteroatoms. The van der Waals surface area contributed by atoms with Crippen LogP contribution in [0.15, 0.2) is 42.5 Å². The number of carbonyl (C=O) groups excluding carboxylic acids is 2. The van der Waals surface area contributed by atoms with Crippen LogP contribution in [0, 0.1) is 0 Å². The Hall–Kier alpha value is -3.22. The molecule has 2 heterocycles. The Morgan fingerprint density at radius 1 is 0.962 bits per heavy atom. The summed E-state index contributed by atoms with van der Waals surface area (Å²) in [6, 6.07) is 12.6. The van der Waals surface area contributed by atoms with E-state index in [0.717, 1.165) is 11.3 Å². The zero-order valence-electron chi connectivity index (χ0n) is 14.1. The Morgan fingerprint density at radius 2 is 1.73 bits per heavy atom. The van der Waals surface area contributed by atoms with Crippen molar-refractivity contribution in [1.29, 1.82) is 0 Å². The first-order valence-corrected chi connectivity index (χ1v) is 8.42. The molecule has 1 fully saturated rings. The van der Waals surface area contributed by atoms with Crippen LogP contribution in [-0.4, -0.2) is 38.4 Å². The standard InChI is InChI=1S/C19H18N2O5/c22-18(12-13-1-6-16-17(11-13)25-10-9-24-16)20-14-2-4-15(5-3-14)21-7-8-26-19(21)23/h1-6,11H,7-10,12H2,(H,20,22). The molecule has 0 saturated carbocycles. The number of hydrogen-bond donors (Lipinski definition) is 1. The number of cyclic esters (lactones) is 1. The average molecular weight is 354 g/mol. The van der Waals surface area contributed by atoms with Crippen LogP contribution < -0.4 is 19.7 Å². The largest absolute Gasteiger partial charge is 0.486 e. The number of hydrogen-bond acceptors (Lipinski definition) is 5. The Bertz CT molecular complexity index is 834. The van der Waals surface area contributed by atoms with Crippen molar-refractivity contribution in [3.63, 3.8) is 0 Å². The lowest BCUT2D eigenvalue weighted by atomic mass is 10.1. The van der Waals surface area contributed by atoms with Gasteiger partial charge in [-0.1, -0.05) is 6.07 Å². The summed E-state index contributed by atoms with van der Waals surface area (Å²) in [6.07, 6.45) is -0.114. The van der Waals surface area contributed by atoms with Gasteiger partial charge in [0.1, 0.15) is 19.8 Å². The van der Waals surface area contributed by atoms with E-state index in [0.29, 0.717) is 43.6 Å². The van der Waals surface area contributed by atoms with E-state index >= 15 is 0 Å². The number of benzene rings is 2. The van der Waals surface area contributed by atoms with Crippen molar-refractivity contribution in [2.24, 2.45) is 0 Å². The van der Waals surface area contributed by atoms with Crippen molar-refractivity contribution in [2.45, 2.75) is 6.42 Å². The summed E-state index contributed by atoms with van der Waals surface area (Å²) in [5, 5.41) is 2.85. The molecule has 0 spiro atoms. The van der Waals surface area contributed by atoms with Gasteiger partial charge in [0.25, 0.3) is 0 Å². The second-order valence-corrected chi connectivity index (χ2v) is 6.02. The quantitative estimate of drug-likeness (QED) is 0.913. The molecule has 0 radical (unpaired) electrons. The summed E-state index contributed by atoms with van der Waals surface area (Å²) in [5.74, 6) is 1.25. The number of nitrogens with zero attached hydrogens (tertiary/aromatic N) is 1. The summed E-state index contributed by atoms with van der Waals surface area (Å²) in [4.78, 5) is 25.4. The Morgan fingerprint density at radius 3 is 2.46 bits per heavy atom. The lowest BCUT2D eigenvalue weighted by Gasteiger charge is -2.18. The molecule has 0 bridgehead atoms. The maximum absolute atomic E-state index is 12.3. The third-order valence-corrected chi connectivity index (χ3v) is 4.19. The van der Waals surface area contributed by atoms with Gasteiger partial charge in [0.2, 0.25) is 5.91 Å². The zero-order valence-corrected chi connectivity index (χ0v) is 14.1. The van der Waals surface area contributed by atoms with Gasteiger partial charge in [0, 0.05) is 11.4 Å². The highest BCUT2D eigenvalue weighted by atomic mass is 16.6. The predicted molar refractivity (Wildman–Crippen MR) is 94.9 cm³/mol. The molecule has 2 aromatic rings. The van der Waals surface area contributed by atoms with Crippen molar-refractivity contribution >= 4 is 23.4 Å². The molecule has 0 aliphatic carbocycles. The monoisotopic (exact) mass is 354 g/mol. The molecule has 0 atom stereocenters. The van der Waals surface area contributed by atoms with E-state index in [9.17, 15) is 9.59 Å². The maximum atomic E-state index is 12.3. The highest BCUT2D eigenvalue weighted by Gasteiger charge is 2.23. The van der Waals surface area contributed by atoms with E-state index < -0.39 is 0 Å². The SMILES string of the molecule is O=C(Cc1ccc2c(c1)OCCO2)Nc1ccc(N2CCOC2=O)cc1. The highest BCUT2D eigenvalue weighted by Crippen LogP contribution is 2.31. The fourth-order valence-electron chi connectivity index (χ4n) is 2.94. The molecule has 4 rings (SSSR count). The molecule has 7 nitrogen and oxygen atoms in total. The fraction of sp³-hybridized carbons (Fsp3) is 0.263. The fourth-order valence-corrected chi connectivity index (χ4v) is 2.94. The van der Waals surface area contributed by atoms with Gasteiger partial charge in [-0.3, -0.25) is 9.69 Å². The van der Waals surface area contributed by atoms with Crippen LogP contribution in [-0.2, 0) is 16.0 Å². The smallest absolute Gasteiger partial charge is 0.414 e. The van der Waals surface area contributed by atoms with Crippen LogP contribution in [0.3, 0.4) is 0 Å². The molecule has 134 valence electrons. The first-order valence-electron chi connectivity index (χ1n) is 8.42. The molecule has 2 amide bonds. The van der Waals surface area contributed by atoms with Crippen LogP contribution in [0.1, 0.15) is 5.56 Å². The van der Waals surface area contributed by atoms with Crippen molar-refractivity contribution < 1.29 is 23.8 Å². The van der Waals surface area contributed by atoms with Gasteiger partial charge >= 0.3 is 6.09 Å². The zero-order chi connectivity index (χ0) is 17.9. The second kappa shape index (κ2) is 6.95. The van der Waals surface area contributed by atoms with Gasteiger partial charge in [-0.15, -0.1) is 0 Å². The van der Waals surface area contributed by atoms with E-state index in [1.54, 1.807) is 29.2 Å². The van der Waals surface area contributed by atoms with Crippen LogP contribution in [0.4, 0.5) is 16.2 Å². The average Bonchev–Trinajstić information content (AvgIpc) is 3.08. The summed E-state index contributed by atoms with van der Waals surface area (Å²) in [7, 11) is 0. The molecule has 1 N–H and O–H groups in total. The molecule has 0 aromatic heterocycles. The molecule has 0 unspecified atom stereocenters. The van der Waals surface area contributed by atoms with Crippen molar-refractivity contribution in [3.8, 4) is 11.5 Å². The maximum Gasteiger partial charge on any atom is 0.414 e. The molecular formula is C19H18N2O5. The Balaban J connectivity index is 1.38. The van der Waals surface area contributed by atoms with Crippen molar-refractivity contribution in [3.05, 3.63) is 48.0 Å². The van der Waals surface area contributed by atoms with Crippen LogP contribution >= 0.6 is 0 Å². The first kappa shape index (κ1) is 16.3. The summed E-state index contributed by atoms with van der Waals surface area (Å²) >= 11 is 0. The van der Waals surface area contributed by atoms with E-state index in [4.69, 9.17) is 14.2 Å². The number of fused-ring (bicyclic) bond motifs is 1. The number of ether oxygens (including phenoxy) is 3. The van der Waals surface area contributed by atoms with Crippen LogP contribution in [0.25, 0.3) is 0 Å². The molecule has 1 saturated heterocycles. The third kappa shape index (κ3) is 3.42. The lowest BCUT2D eigenvalue weighted by Crippen LogP contribution is -2.23. The van der Waals surface area contributed by atoms with E-state index in [-0.39, 0.29) is 18.4 Å². The number of nitrogens with one attached hydrogen (secondary N) is 1. The minimum Gasteiger partial charge on any atom is -0.486 e. The van der Waals surface area contributed by atoms with Crippen molar-refractivity contribution in [1.82, 2.24) is 0 Å². The van der Waals surface area contributed by atoms with Gasteiger partial charge in [-0.2, -0.15) is 0 Å². The van der Waals surface area contributed by atoms with Gasteiger partial charge < -0.3 is 19.5 Å². The van der Waals surface area contributed by atoms with Gasteiger partial charge in [0.15, 0.2) is 11.5 Å². The highest BCUT2D eigenvalue weighted by molar-refractivity contribution is 5.93. The summed E-state index contributed by atoms with van der Waals surface area (Å²) in [6.45, 7) is 1.99. The third-order valence-electron chi connectivity index (χ3n) is 4.19. The first-order chi connectivity index (χ1) is 12.7. The topological polar surface area (TPSA) is 77.1 Å².